The lowest BCUT2D eigenvalue weighted by Gasteiger charge is -2.15. The highest BCUT2D eigenvalue weighted by Crippen LogP contribution is 2.14. The molecule has 1 unspecified atom stereocenters. The molecule has 0 aliphatic rings. The standard InChI is InChI=1S/C24H44O4/c1-3-5-7-9-11-17-21-24(27)28-22(18-14-10-8-6-4-2)19-15-12-13-16-20-23(25)26/h14,18,22H,3-13,15-17,19-21H2,1-2H3,(H,25,26)/b18-14-. The monoisotopic (exact) mass is 396 g/mol. The minimum atomic E-state index is -0.725. The second kappa shape index (κ2) is 20.4. The number of hydrogen-bond acceptors (Lipinski definition) is 3. The van der Waals surface area contributed by atoms with Crippen molar-refractivity contribution in [2.45, 2.75) is 129 Å². The average Bonchev–Trinajstić information content (AvgIpc) is 2.66. The Morgan fingerprint density at radius 2 is 1.36 bits per heavy atom. The molecule has 1 N–H and O–H groups in total. The van der Waals surface area contributed by atoms with Crippen LogP contribution in [0.15, 0.2) is 12.2 Å². The lowest BCUT2D eigenvalue weighted by molar-refractivity contribution is -0.147. The zero-order valence-corrected chi connectivity index (χ0v) is 18.4. The van der Waals surface area contributed by atoms with Crippen molar-refractivity contribution in [2.24, 2.45) is 0 Å². The molecule has 0 amide bonds. The fourth-order valence-electron chi connectivity index (χ4n) is 3.21. The van der Waals surface area contributed by atoms with Crippen molar-refractivity contribution in [3.63, 3.8) is 0 Å². The van der Waals surface area contributed by atoms with Gasteiger partial charge in [-0.3, -0.25) is 9.59 Å². The zero-order chi connectivity index (χ0) is 20.9. The largest absolute Gasteiger partial charge is 0.481 e. The van der Waals surface area contributed by atoms with Gasteiger partial charge in [-0.15, -0.1) is 0 Å². The predicted molar refractivity (Wildman–Crippen MR) is 116 cm³/mol. The van der Waals surface area contributed by atoms with Crippen LogP contribution in [0, 0.1) is 0 Å². The van der Waals surface area contributed by atoms with Gasteiger partial charge in [-0.25, -0.2) is 0 Å². The molecule has 1 atom stereocenters. The second-order valence-electron chi connectivity index (χ2n) is 7.82. The van der Waals surface area contributed by atoms with Crippen molar-refractivity contribution in [3.05, 3.63) is 12.2 Å². The molecule has 0 aromatic rings. The van der Waals surface area contributed by atoms with Gasteiger partial charge in [0.1, 0.15) is 6.10 Å². The Morgan fingerprint density at radius 3 is 2.04 bits per heavy atom. The molecule has 4 heteroatoms. The molecule has 28 heavy (non-hydrogen) atoms. The molecule has 0 spiro atoms. The van der Waals surface area contributed by atoms with Crippen molar-refractivity contribution >= 4 is 11.9 Å². The summed E-state index contributed by atoms with van der Waals surface area (Å²) in [7, 11) is 0. The Bertz CT molecular complexity index is 403. The van der Waals surface area contributed by atoms with Crippen LogP contribution in [-0.2, 0) is 14.3 Å². The molecule has 164 valence electrons. The number of carbonyl (C=O) groups excluding carboxylic acids is 1. The minimum absolute atomic E-state index is 0.0791. The van der Waals surface area contributed by atoms with Crippen LogP contribution in [-0.4, -0.2) is 23.1 Å². The predicted octanol–water partition coefficient (Wildman–Crippen LogP) is 7.21. The van der Waals surface area contributed by atoms with Crippen LogP contribution in [0.3, 0.4) is 0 Å². The van der Waals surface area contributed by atoms with Crippen molar-refractivity contribution in [1.29, 1.82) is 0 Å². The molecule has 0 aromatic heterocycles. The maximum atomic E-state index is 12.2. The highest BCUT2D eigenvalue weighted by Gasteiger charge is 2.11. The van der Waals surface area contributed by atoms with Crippen molar-refractivity contribution in [3.8, 4) is 0 Å². The highest BCUT2D eigenvalue weighted by atomic mass is 16.5. The first-order valence-electron chi connectivity index (χ1n) is 11.7. The number of carbonyl (C=O) groups is 2. The van der Waals surface area contributed by atoms with E-state index in [1.165, 1.54) is 44.9 Å². The van der Waals surface area contributed by atoms with Gasteiger partial charge in [-0.1, -0.05) is 77.7 Å². The summed E-state index contributed by atoms with van der Waals surface area (Å²) in [4.78, 5) is 22.7. The van der Waals surface area contributed by atoms with Gasteiger partial charge >= 0.3 is 11.9 Å². The third-order valence-corrected chi connectivity index (χ3v) is 4.97. The fraction of sp³-hybridized carbons (Fsp3) is 0.833. The summed E-state index contributed by atoms with van der Waals surface area (Å²) < 4.78 is 5.71. The third-order valence-electron chi connectivity index (χ3n) is 4.97. The summed E-state index contributed by atoms with van der Waals surface area (Å²) in [6, 6.07) is 0. The number of carboxylic acids is 1. The van der Waals surface area contributed by atoms with E-state index in [0.29, 0.717) is 6.42 Å². The molecule has 0 bridgehead atoms. The van der Waals surface area contributed by atoms with Crippen LogP contribution in [0.1, 0.15) is 123 Å². The molecule has 0 aromatic carbocycles. The van der Waals surface area contributed by atoms with Crippen molar-refractivity contribution < 1.29 is 19.4 Å². The maximum Gasteiger partial charge on any atom is 0.306 e. The molecule has 0 heterocycles. The van der Waals surface area contributed by atoms with Gasteiger partial charge in [0, 0.05) is 12.8 Å². The summed E-state index contributed by atoms with van der Waals surface area (Å²) >= 11 is 0. The number of ether oxygens (including phenoxy) is 1. The number of hydrogen-bond donors (Lipinski definition) is 1. The van der Waals surface area contributed by atoms with Crippen LogP contribution in [0.25, 0.3) is 0 Å². The summed E-state index contributed by atoms with van der Waals surface area (Å²) in [6.45, 7) is 4.40. The molecule has 0 saturated carbocycles. The first-order chi connectivity index (χ1) is 13.6. The SMILES string of the molecule is CCCCC/C=C\C(CCCCCCC(=O)O)OC(=O)CCCCCCCC. The van der Waals surface area contributed by atoms with Gasteiger partial charge in [0.15, 0.2) is 0 Å². The van der Waals surface area contributed by atoms with E-state index in [1.54, 1.807) is 0 Å². The van der Waals surface area contributed by atoms with E-state index < -0.39 is 5.97 Å². The van der Waals surface area contributed by atoms with Gasteiger partial charge < -0.3 is 9.84 Å². The summed E-state index contributed by atoms with van der Waals surface area (Å²) in [6.07, 6.45) is 21.0. The highest BCUT2D eigenvalue weighted by molar-refractivity contribution is 5.69. The zero-order valence-electron chi connectivity index (χ0n) is 18.4. The summed E-state index contributed by atoms with van der Waals surface area (Å²) in [5.74, 6) is -0.805. The lowest BCUT2D eigenvalue weighted by atomic mass is 10.1. The number of esters is 1. The quantitative estimate of drug-likeness (QED) is 0.134. The van der Waals surface area contributed by atoms with Crippen LogP contribution >= 0.6 is 0 Å². The molecule has 0 saturated heterocycles. The number of carboxylic acid groups (broad SMARTS) is 1. The summed E-state index contributed by atoms with van der Waals surface area (Å²) in [5.41, 5.74) is 0. The fourth-order valence-corrected chi connectivity index (χ4v) is 3.21. The van der Waals surface area contributed by atoms with Gasteiger partial charge in [0.05, 0.1) is 0 Å². The second-order valence-corrected chi connectivity index (χ2v) is 7.82. The molecule has 0 fully saturated rings. The van der Waals surface area contributed by atoms with E-state index in [9.17, 15) is 9.59 Å². The minimum Gasteiger partial charge on any atom is -0.481 e. The smallest absolute Gasteiger partial charge is 0.306 e. The van der Waals surface area contributed by atoms with E-state index in [-0.39, 0.29) is 18.5 Å². The lowest BCUT2D eigenvalue weighted by Crippen LogP contribution is -2.16. The molecule has 0 aliphatic heterocycles. The number of aliphatic carboxylic acids is 1. The Morgan fingerprint density at radius 1 is 0.786 bits per heavy atom. The number of rotatable bonds is 20. The number of unbranched alkanes of at least 4 members (excludes halogenated alkanes) is 11. The van der Waals surface area contributed by atoms with Crippen LogP contribution < -0.4 is 0 Å². The van der Waals surface area contributed by atoms with Crippen LogP contribution in [0.5, 0.6) is 0 Å². The van der Waals surface area contributed by atoms with Crippen LogP contribution in [0.4, 0.5) is 0 Å². The van der Waals surface area contributed by atoms with E-state index in [2.05, 4.69) is 26.0 Å². The average molecular weight is 397 g/mol. The summed E-state index contributed by atoms with van der Waals surface area (Å²) in [5, 5.41) is 8.68. The normalized spacial score (nSPS) is 12.4. The number of allylic oxidation sites excluding steroid dienone is 1. The first-order valence-corrected chi connectivity index (χ1v) is 11.7. The third kappa shape index (κ3) is 19.4. The van der Waals surface area contributed by atoms with Crippen LogP contribution in [0.2, 0.25) is 0 Å². The Balaban J connectivity index is 4.12. The van der Waals surface area contributed by atoms with E-state index >= 15 is 0 Å². The Hall–Kier alpha value is -1.32. The Labute approximate surface area is 173 Å². The molecular formula is C24H44O4. The van der Waals surface area contributed by atoms with Crippen molar-refractivity contribution in [1.82, 2.24) is 0 Å². The van der Waals surface area contributed by atoms with Crippen molar-refractivity contribution in [2.75, 3.05) is 0 Å². The van der Waals surface area contributed by atoms with Gasteiger partial charge in [-0.05, 0) is 44.6 Å². The van der Waals surface area contributed by atoms with Gasteiger partial charge in [-0.2, -0.15) is 0 Å². The molecule has 0 aliphatic carbocycles. The van der Waals surface area contributed by atoms with Gasteiger partial charge in [0.25, 0.3) is 0 Å². The topological polar surface area (TPSA) is 63.6 Å². The molecular weight excluding hydrogens is 352 g/mol. The molecule has 4 nitrogen and oxygen atoms in total. The van der Waals surface area contributed by atoms with Gasteiger partial charge in [0.2, 0.25) is 0 Å². The van der Waals surface area contributed by atoms with E-state index in [4.69, 9.17) is 9.84 Å². The van der Waals surface area contributed by atoms with E-state index in [1.807, 2.05) is 0 Å². The molecule has 0 radical (unpaired) electrons. The molecule has 0 rings (SSSR count). The first kappa shape index (κ1) is 26.7. The Kier molecular flexibility index (Phi) is 19.5. The maximum absolute atomic E-state index is 12.2. The van der Waals surface area contributed by atoms with E-state index in [0.717, 1.165) is 51.4 Å².